The van der Waals surface area contributed by atoms with Crippen molar-refractivity contribution in [3.8, 4) is 0 Å². The quantitative estimate of drug-likeness (QED) is 0.826. The second kappa shape index (κ2) is 4.26. The number of fused-ring (bicyclic) bond motifs is 1. The smallest absolute Gasteiger partial charge is 0.0653 e. The zero-order valence-electron chi connectivity index (χ0n) is 10.2. The highest BCUT2D eigenvalue weighted by atomic mass is 15.1. The monoisotopic (exact) mass is 217 g/mol. The number of rotatable bonds is 4. The van der Waals surface area contributed by atoms with Gasteiger partial charge in [-0.25, -0.2) is 0 Å². The summed E-state index contributed by atoms with van der Waals surface area (Å²) in [5.41, 5.74) is 2.59. The van der Waals surface area contributed by atoms with Gasteiger partial charge in [0.05, 0.1) is 11.7 Å². The number of H-pyrrole nitrogens is 1. The van der Waals surface area contributed by atoms with Gasteiger partial charge in [-0.3, -0.25) is 5.10 Å². The van der Waals surface area contributed by atoms with E-state index < -0.39 is 0 Å². The van der Waals surface area contributed by atoms with Crippen molar-refractivity contribution in [2.75, 3.05) is 0 Å². The van der Waals surface area contributed by atoms with Gasteiger partial charge in [0.25, 0.3) is 0 Å². The summed E-state index contributed by atoms with van der Waals surface area (Å²) < 4.78 is 0. The third kappa shape index (κ3) is 2.42. The maximum Gasteiger partial charge on any atom is 0.0653 e. The van der Waals surface area contributed by atoms with Crippen LogP contribution in [0.1, 0.15) is 32.8 Å². The summed E-state index contributed by atoms with van der Waals surface area (Å²) in [5.74, 6) is 0. The van der Waals surface area contributed by atoms with Gasteiger partial charge in [0, 0.05) is 17.5 Å². The molecule has 0 aliphatic rings. The van der Waals surface area contributed by atoms with Gasteiger partial charge < -0.3 is 5.32 Å². The molecule has 0 saturated heterocycles. The fraction of sp³-hybridized carbons (Fsp3) is 0.462. The molecule has 3 nitrogen and oxygen atoms in total. The van der Waals surface area contributed by atoms with Gasteiger partial charge in [-0.05, 0) is 31.9 Å². The van der Waals surface area contributed by atoms with Crippen molar-refractivity contribution in [2.45, 2.75) is 39.3 Å². The first-order valence-corrected chi connectivity index (χ1v) is 5.78. The molecular weight excluding hydrogens is 198 g/mol. The topological polar surface area (TPSA) is 40.7 Å². The lowest BCUT2D eigenvalue weighted by atomic mass is 10.0. The van der Waals surface area contributed by atoms with Crippen LogP contribution in [0, 0.1) is 0 Å². The summed E-state index contributed by atoms with van der Waals surface area (Å²) in [7, 11) is 0. The highest BCUT2D eigenvalue weighted by Gasteiger charge is 2.13. The predicted molar refractivity (Wildman–Crippen MR) is 67.3 cm³/mol. The van der Waals surface area contributed by atoms with Crippen molar-refractivity contribution < 1.29 is 0 Å². The molecular formula is C13H19N3. The van der Waals surface area contributed by atoms with E-state index >= 15 is 0 Å². The molecule has 3 heteroatoms. The molecule has 0 saturated carbocycles. The van der Waals surface area contributed by atoms with Crippen molar-refractivity contribution in [1.29, 1.82) is 0 Å². The molecule has 1 heterocycles. The van der Waals surface area contributed by atoms with Crippen LogP contribution in [-0.2, 0) is 6.54 Å². The number of hydrogen-bond acceptors (Lipinski definition) is 2. The molecule has 2 aromatic rings. The third-order valence-electron chi connectivity index (χ3n) is 3.16. The Bertz CT molecular complexity index is 471. The van der Waals surface area contributed by atoms with Gasteiger partial charge in [0.1, 0.15) is 0 Å². The first-order chi connectivity index (χ1) is 7.61. The van der Waals surface area contributed by atoms with Crippen LogP contribution in [0.3, 0.4) is 0 Å². The van der Waals surface area contributed by atoms with Gasteiger partial charge in [-0.2, -0.15) is 5.10 Å². The number of aromatic nitrogens is 2. The van der Waals surface area contributed by atoms with Gasteiger partial charge in [0.15, 0.2) is 0 Å². The zero-order chi connectivity index (χ0) is 11.6. The Kier molecular flexibility index (Phi) is 2.97. The third-order valence-corrected chi connectivity index (χ3v) is 3.16. The van der Waals surface area contributed by atoms with Gasteiger partial charge in [-0.1, -0.05) is 19.1 Å². The predicted octanol–water partition coefficient (Wildman–Crippen LogP) is 2.84. The van der Waals surface area contributed by atoms with Crippen LogP contribution in [0.2, 0.25) is 0 Å². The Hall–Kier alpha value is -1.35. The van der Waals surface area contributed by atoms with Crippen LogP contribution >= 0.6 is 0 Å². The SMILES string of the molecule is CCC(C)(C)NCc1ccc2cn[nH]c2c1. The molecule has 0 unspecified atom stereocenters. The number of nitrogens with zero attached hydrogens (tertiary/aromatic N) is 1. The molecule has 1 aromatic heterocycles. The normalized spacial score (nSPS) is 12.2. The summed E-state index contributed by atoms with van der Waals surface area (Å²) in [5, 5.41) is 11.7. The Balaban J connectivity index is 2.09. The number of benzene rings is 1. The molecule has 16 heavy (non-hydrogen) atoms. The molecule has 0 aliphatic carbocycles. The highest BCUT2D eigenvalue weighted by Crippen LogP contribution is 2.14. The first-order valence-electron chi connectivity index (χ1n) is 5.78. The molecule has 2 rings (SSSR count). The summed E-state index contributed by atoms with van der Waals surface area (Å²) >= 11 is 0. The Morgan fingerprint density at radius 3 is 2.94 bits per heavy atom. The fourth-order valence-electron chi connectivity index (χ4n) is 1.56. The van der Waals surface area contributed by atoms with E-state index in [1.54, 1.807) is 0 Å². The van der Waals surface area contributed by atoms with Crippen molar-refractivity contribution in [2.24, 2.45) is 0 Å². The molecule has 0 radical (unpaired) electrons. The molecule has 0 bridgehead atoms. The number of nitrogens with one attached hydrogen (secondary N) is 2. The second-order valence-electron chi connectivity index (χ2n) is 4.88. The van der Waals surface area contributed by atoms with E-state index in [2.05, 4.69) is 54.5 Å². The van der Waals surface area contributed by atoms with E-state index in [0.29, 0.717) is 0 Å². The lowest BCUT2D eigenvalue weighted by Crippen LogP contribution is -2.37. The molecule has 0 atom stereocenters. The standard InChI is InChI=1S/C13H19N3/c1-4-13(2,3)14-8-10-5-6-11-9-15-16-12(11)7-10/h5-7,9,14H,4,8H2,1-3H3,(H,15,16). The maximum absolute atomic E-state index is 4.02. The molecule has 86 valence electrons. The molecule has 0 fully saturated rings. The van der Waals surface area contributed by atoms with Crippen LogP contribution in [0.4, 0.5) is 0 Å². The average Bonchev–Trinajstić information content (AvgIpc) is 2.73. The van der Waals surface area contributed by atoms with Gasteiger partial charge in [-0.15, -0.1) is 0 Å². The number of hydrogen-bond donors (Lipinski definition) is 2. The molecule has 0 spiro atoms. The Morgan fingerprint density at radius 1 is 1.38 bits per heavy atom. The maximum atomic E-state index is 4.02. The van der Waals surface area contributed by atoms with E-state index in [1.807, 2.05) is 6.20 Å². The molecule has 0 aliphatic heterocycles. The minimum Gasteiger partial charge on any atom is -0.308 e. The van der Waals surface area contributed by atoms with E-state index in [1.165, 1.54) is 10.9 Å². The Labute approximate surface area is 96.2 Å². The summed E-state index contributed by atoms with van der Waals surface area (Å²) in [6.07, 6.45) is 2.97. The van der Waals surface area contributed by atoms with Crippen molar-refractivity contribution in [3.63, 3.8) is 0 Å². The van der Waals surface area contributed by atoms with Crippen molar-refractivity contribution >= 4 is 10.9 Å². The largest absolute Gasteiger partial charge is 0.308 e. The van der Waals surface area contributed by atoms with Crippen LogP contribution in [0.25, 0.3) is 10.9 Å². The second-order valence-corrected chi connectivity index (χ2v) is 4.88. The number of aromatic amines is 1. The molecule has 2 N–H and O–H groups in total. The zero-order valence-corrected chi connectivity index (χ0v) is 10.2. The summed E-state index contributed by atoms with van der Waals surface area (Å²) in [6.45, 7) is 7.55. The van der Waals surface area contributed by atoms with Crippen LogP contribution < -0.4 is 5.32 Å². The minimum absolute atomic E-state index is 0.197. The minimum atomic E-state index is 0.197. The lowest BCUT2D eigenvalue weighted by Gasteiger charge is -2.24. The summed E-state index contributed by atoms with van der Waals surface area (Å²) in [4.78, 5) is 0. The van der Waals surface area contributed by atoms with Crippen LogP contribution in [0.15, 0.2) is 24.4 Å². The highest BCUT2D eigenvalue weighted by molar-refractivity contribution is 5.78. The molecule has 1 aromatic carbocycles. The van der Waals surface area contributed by atoms with Crippen LogP contribution in [-0.4, -0.2) is 15.7 Å². The fourth-order valence-corrected chi connectivity index (χ4v) is 1.56. The average molecular weight is 217 g/mol. The Morgan fingerprint density at radius 2 is 2.19 bits per heavy atom. The van der Waals surface area contributed by atoms with Crippen molar-refractivity contribution in [3.05, 3.63) is 30.0 Å². The van der Waals surface area contributed by atoms with Crippen molar-refractivity contribution in [1.82, 2.24) is 15.5 Å². The molecule has 0 amide bonds. The summed E-state index contributed by atoms with van der Waals surface area (Å²) in [6, 6.07) is 6.41. The lowest BCUT2D eigenvalue weighted by molar-refractivity contribution is 0.374. The van der Waals surface area contributed by atoms with Gasteiger partial charge >= 0.3 is 0 Å². The van der Waals surface area contributed by atoms with E-state index in [-0.39, 0.29) is 5.54 Å². The van der Waals surface area contributed by atoms with E-state index in [0.717, 1.165) is 18.5 Å². The van der Waals surface area contributed by atoms with Gasteiger partial charge in [0.2, 0.25) is 0 Å². The first kappa shape index (κ1) is 11.1. The van der Waals surface area contributed by atoms with Crippen LogP contribution in [0.5, 0.6) is 0 Å². The van der Waals surface area contributed by atoms with E-state index in [4.69, 9.17) is 0 Å². The van der Waals surface area contributed by atoms with E-state index in [9.17, 15) is 0 Å².